The second-order valence-electron chi connectivity index (χ2n) is 3.91. The van der Waals surface area contributed by atoms with Crippen molar-refractivity contribution in [3.8, 4) is 5.75 Å². The smallest absolute Gasteiger partial charge is 0.352 e. The first-order valence-corrected chi connectivity index (χ1v) is 6.32. The Morgan fingerprint density at radius 1 is 1.58 bits per heavy atom. The van der Waals surface area contributed by atoms with Gasteiger partial charge in [0, 0.05) is 17.1 Å². The van der Waals surface area contributed by atoms with Crippen LogP contribution in [0.4, 0.5) is 0 Å². The van der Waals surface area contributed by atoms with E-state index in [4.69, 9.17) is 9.84 Å². The van der Waals surface area contributed by atoms with Crippen molar-refractivity contribution in [1.29, 1.82) is 0 Å². The Morgan fingerprint density at radius 2 is 2.32 bits per heavy atom. The van der Waals surface area contributed by atoms with Gasteiger partial charge in [-0.2, -0.15) is 0 Å². The van der Waals surface area contributed by atoms with E-state index in [0.717, 1.165) is 16.8 Å². The Balaban J connectivity index is 2.47. The number of ether oxygens (including phenoxy) is 1. The molecule has 0 atom stereocenters. The van der Waals surface area contributed by atoms with Gasteiger partial charge in [0.25, 0.3) is 0 Å². The predicted molar refractivity (Wildman–Crippen MR) is 70.2 cm³/mol. The summed E-state index contributed by atoms with van der Waals surface area (Å²) in [5, 5.41) is 11.8. The highest BCUT2D eigenvalue weighted by Crippen LogP contribution is 2.14. The van der Waals surface area contributed by atoms with E-state index in [2.05, 4.69) is 4.98 Å². The molecule has 2 heterocycles. The van der Waals surface area contributed by atoms with Gasteiger partial charge in [-0.05, 0) is 6.92 Å². The van der Waals surface area contributed by atoms with Gasteiger partial charge in [0.1, 0.15) is 10.7 Å². The highest BCUT2D eigenvalue weighted by atomic mass is 32.1. The van der Waals surface area contributed by atoms with E-state index in [9.17, 15) is 9.59 Å². The summed E-state index contributed by atoms with van der Waals surface area (Å²) < 4.78 is 6.37. The lowest BCUT2D eigenvalue weighted by atomic mass is 10.3. The summed E-state index contributed by atoms with van der Waals surface area (Å²) >= 11 is 1.44. The van der Waals surface area contributed by atoms with Crippen molar-refractivity contribution in [2.45, 2.75) is 13.5 Å². The first kappa shape index (κ1) is 13.3. The number of carboxylic acid groups (broad SMARTS) is 1. The van der Waals surface area contributed by atoms with Crippen molar-refractivity contribution in [2.24, 2.45) is 0 Å². The lowest BCUT2D eigenvalue weighted by Crippen LogP contribution is -2.18. The number of nitrogens with zero attached hydrogens (tertiary/aromatic N) is 2. The maximum Gasteiger partial charge on any atom is 0.352 e. The van der Waals surface area contributed by atoms with E-state index < -0.39 is 11.4 Å². The molecule has 0 spiro atoms. The fraction of sp³-hybridized carbons (Fsp3) is 0.250. The molecule has 0 bridgehead atoms. The van der Waals surface area contributed by atoms with Crippen molar-refractivity contribution in [3.05, 3.63) is 44.3 Å². The van der Waals surface area contributed by atoms with Gasteiger partial charge in [-0.3, -0.25) is 4.79 Å². The molecule has 2 rings (SSSR count). The van der Waals surface area contributed by atoms with Gasteiger partial charge < -0.3 is 14.4 Å². The van der Waals surface area contributed by atoms with Crippen LogP contribution in [0.3, 0.4) is 0 Å². The summed E-state index contributed by atoms with van der Waals surface area (Å²) in [6.45, 7) is 2.15. The molecule has 6 nitrogen and oxygen atoms in total. The van der Waals surface area contributed by atoms with Crippen LogP contribution in [0, 0.1) is 6.92 Å². The van der Waals surface area contributed by atoms with E-state index in [0.29, 0.717) is 0 Å². The molecule has 0 radical (unpaired) electrons. The molecule has 0 aliphatic carbocycles. The summed E-state index contributed by atoms with van der Waals surface area (Å²) in [5.41, 5.74) is 0.343. The molecular weight excluding hydrogens is 268 g/mol. The molecule has 0 aliphatic rings. The zero-order valence-corrected chi connectivity index (χ0v) is 11.2. The Bertz CT molecular complexity index is 675. The minimum atomic E-state index is -1.16. The number of carboxylic acids is 1. The molecule has 0 saturated carbocycles. The second-order valence-corrected chi connectivity index (χ2v) is 4.85. The van der Waals surface area contributed by atoms with Gasteiger partial charge in [0.05, 0.1) is 19.9 Å². The van der Waals surface area contributed by atoms with Crippen LogP contribution in [0.5, 0.6) is 5.75 Å². The second kappa shape index (κ2) is 5.23. The predicted octanol–water partition coefficient (Wildman–Crippen LogP) is 1.37. The molecule has 1 N–H and O–H groups in total. The lowest BCUT2D eigenvalue weighted by Gasteiger charge is -2.10. The number of thiazole rings is 1. The molecule has 19 heavy (non-hydrogen) atoms. The summed E-state index contributed by atoms with van der Waals surface area (Å²) in [7, 11) is 1.37. The molecule has 2 aromatic rings. The number of aromatic nitrogens is 2. The average molecular weight is 280 g/mol. The molecule has 0 fully saturated rings. The zero-order valence-electron chi connectivity index (χ0n) is 10.4. The number of rotatable bonds is 4. The zero-order chi connectivity index (χ0) is 14.0. The van der Waals surface area contributed by atoms with Gasteiger partial charge in [0.15, 0.2) is 5.75 Å². The summed E-state index contributed by atoms with van der Waals surface area (Å²) in [6.07, 6.45) is 1.39. The molecule has 0 unspecified atom stereocenters. The van der Waals surface area contributed by atoms with Crippen LogP contribution in [-0.4, -0.2) is 27.7 Å². The number of aromatic carboxylic acids is 1. The largest absolute Gasteiger partial charge is 0.491 e. The number of aryl methyl sites for hydroxylation is 1. The molecule has 0 aromatic carbocycles. The summed E-state index contributed by atoms with van der Waals surface area (Å²) in [6, 6.07) is 1.06. The van der Waals surface area contributed by atoms with Crippen LogP contribution in [0.15, 0.2) is 22.4 Å². The van der Waals surface area contributed by atoms with Crippen LogP contribution in [0.1, 0.15) is 21.2 Å². The molecule has 0 saturated heterocycles. The minimum Gasteiger partial charge on any atom is -0.491 e. The SMILES string of the molecule is COc1cn(Cc2nc(C)cs2)c(C(=O)O)cc1=O. The fourth-order valence-corrected chi connectivity index (χ4v) is 2.41. The van der Waals surface area contributed by atoms with Gasteiger partial charge in [-0.15, -0.1) is 11.3 Å². The van der Waals surface area contributed by atoms with E-state index in [1.165, 1.54) is 29.2 Å². The van der Waals surface area contributed by atoms with E-state index in [1.54, 1.807) is 0 Å². The highest BCUT2D eigenvalue weighted by Gasteiger charge is 2.14. The Kier molecular flexibility index (Phi) is 3.66. The van der Waals surface area contributed by atoms with Crippen LogP contribution in [0.25, 0.3) is 0 Å². The van der Waals surface area contributed by atoms with E-state index in [1.807, 2.05) is 12.3 Å². The van der Waals surface area contributed by atoms with Gasteiger partial charge in [-0.25, -0.2) is 9.78 Å². The first-order valence-electron chi connectivity index (χ1n) is 5.44. The van der Waals surface area contributed by atoms with Crippen molar-refractivity contribution in [3.63, 3.8) is 0 Å². The van der Waals surface area contributed by atoms with Gasteiger partial charge >= 0.3 is 5.97 Å². The van der Waals surface area contributed by atoms with Gasteiger partial charge in [0.2, 0.25) is 5.43 Å². The quantitative estimate of drug-likeness (QED) is 0.914. The Labute approximate surface area is 112 Å². The third-order valence-electron chi connectivity index (χ3n) is 2.50. The molecule has 7 heteroatoms. The maximum absolute atomic E-state index is 11.6. The van der Waals surface area contributed by atoms with E-state index in [-0.39, 0.29) is 18.0 Å². The van der Waals surface area contributed by atoms with Crippen LogP contribution < -0.4 is 10.2 Å². The number of hydrogen-bond donors (Lipinski definition) is 1. The lowest BCUT2D eigenvalue weighted by molar-refractivity contribution is 0.0684. The van der Waals surface area contributed by atoms with Crippen molar-refractivity contribution >= 4 is 17.3 Å². The first-order chi connectivity index (χ1) is 9.01. The molecule has 0 aliphatic heterocycles. The fourth-order valence-electron chi connectivity index (χ4n) is 1.64. The van der Waals surface area contributed by atoms with Crippen LogP contribution in [0.2, 0.25) is 0 Å². The number of methoxy groups -OCH3 is 1. The van der Waals surface area contributed by atoms with Crippen molar-refractivity contribution < 1.29 is 14.6 Å². The highest BCUT2D eigenvalue weighted by molar-refractivity contribution is 7.09. The Morgan fingerprint density at radius 3 is 2.84 bits per heavy atom. The maximum atomic E-state index is 11.6. The molecular formula is C12H12N2O4S. The molecule has 0 amide bonds. The third kappa shape index (κ3) is 2.82. The summed E-state index contributed by atoms with van der Waals surface area (Å²) in [5.74, 6) is -1.05. The number of hydrogen-bond acceptors (Lipinski definition) is 5. The number of pyridine rings is 1. The monoisotopic (exact) mass is 280 g/mol. The van der Waals surface area contributed by atoms with Crippen molar-refractivity contribution in [2.75, 3.05) is 7.11 Å². The van der Waals surface area contributed by atoms with Crippen LogP contribution >= 0.6 is 11.3 Å². The summed E-state index contributed by atoms with van der Waals surface area (Å²) in [4.78, 5) is 27.0. The normalized spacial score (nSPS) is 10.4. The molecule has 2 aromatic heterocycles. The minimum absolute atomic E-state index is 0.0846. The topological polar surface area (TPSA) is 81.4 Å². The standard InChI is InChI=1S/C12H12N2O4S/c1-7-6-19-11(13-7)5-14-4-10(18-2)9(15)3-8(14)12(16)17/h3-4,6H,5H2,1-2H3,(H,16,17). The van der Waals surface area contributed by atoms with Crippen molar-refractivity contribution in [1.82, 2.24) is 9.55 Å². The van der Waals surface area contributed by atoms with Crippen LogP contribution in [-0.2, 0) is 6.54 Å². The average Bonchev–Trinajstić information content (AvgIpc) is 2.76. The Hall–Kier alpha value is -2.15. The third-order valence-corrected chi connectivity index (χ3v) is 3.46. The van der Waals surface area contributed by atoms with Gasteiger partial charge in [-0.1, -0.05) is 0 Å². The number of carbonyl (C=O) groups is 1. The van der Waals surface area contributed by atoms with E-state index >= 15 is 0 Å². The molecule has 100 valence electrons.